The molecule has 0 saturated heterocycles. The molecule has 0 aliphatic carbocycles. The average molecular weight is 1160 g/mol. The topological polar surface area (TPSA) is 108 Å². The molecule has 0 bridgehead atoms. The van der Waals surface area contributed by atoms with Crippen molar-refractivity contribution in [3.05, 3.63) is 36.5 Å². The fourth-order valence-electron chi connectivity index (χ4n) is 11.0. The van der Waals surface area contributed by atoms with E-state index in [2.05, 4.69) is 43.5 Å². The number of carbonyl (C=O) groups is 1. The third-order valence-corrected chi connectivity index (χ3v) is 17.5. The summed E-state index contributed by atoms with van der Waals surface area (Å²) >= 11 is 0. The van der Waals surface area contributed by atoms with Gasteiger partial charge in [-0.1, -0.05) is 339 Å². The van der Waals surface area contributed by atoms with Gasteiger partial charge in [0.25, 0.3) is 7.82 Å². The van der Waals surface area contributed by atoms with Gasteiger partial charge in [0, 0.05) is 6.42 Å². The Morgan fingerprint density at radius 1 is 0.420 bits per heavy atom. The molecule has 8 nitrogen and oxygen atoms in total. The van der Waals surface area contributed by atoms with E-state index in [1.807, 2.05) is 27.2 Å². The summed E-state index contributed by atoms with van der Waals surface area (Å²) in [5.74, 6) is -0.199. The number of quaternary nitrogens is 1. The predicted octanol–water partition coefficient (Wildman–Crippen LogP) is 22.2. The molecule has 2 N–H and O–H groups in total. The van der Waals surface area contributed by atoms with Gasteiger partial charge in [-0.05, 0) is 57.8 Å². The molecule has 0 radical (unpaired) electrons. The molecule has 0 saturated carbocycles. The summed E-state index contributed by atoms with van der Waals surface area (Å²) in [6, 6.07) is -0.903. The van der Waals surface area contributed by atoms with Gasteiger partial charge in [0.15, 0.2) is 0 Å². The first kappa shape index (κ1) is 79.7. The Morgan fingerprint density at radius 3 is 1.00 bits per heavy atom. The van der Waals surface area contributed by atoms with Gasteiger partial charge in [-0.25, -0.2) is 0 Å². The molecule has 1 amide bonds. The molecule has 9 heteroatoms. The highest BCUT2D eigenvalue weighted by molar-refractivity contribution is 7.45. The van der Waals surface area contributed by atoms with Crippen LogP contribution >= 0.6 is 7.82 Å². The average Bonchev–Trinajstić information content (AvgIpc) is 3.43. The van der Waals surface area contributed by atoms with E-state index in [0.717, 1.165) is 38.5 Å². The number of likely N-dealkylation sites (N-methyl/N-ethyl adjacent to an activating group) is 1. The largest absolute Gasteiger partial charge is 0.756 e. The van der Waals surface area contributed by atoms with E-state index in [0.29, 0.717) is 17.4 Å². The molecule has 0 aromatic carbocycles. The van der Waals surface area contributed by atoms with E-state index in [1.54, 1.807) is 6.08 Å². The number of carbonyl (C=O) groups excluding carboxylic acids is 1. The van der Waals surface area contributed by atoms with Crippen LogP contribution in [0.15, 0.2) is 36.5 Å². The number of allylic oxidation sites excluding steroid dienone is 5. The van der Waals surface area contributed by atoms with Crippen LogP contribution in [0.25, 0.3) is 0 Å². The van der Waals surface area contributed by atoms with Gasteiger partial charge in [0.2, 0.25) is 5.91 Å². The summed E-state index contributed by atoms with van der Waals surface area (Å²) in [6.07, 6.45) is 84.3. The monoisotopic (exact) mass is 1160 g/mol. The van der Waals surface area contributed by atoms with Crippen LogP contribution < -0.4 is 10.2 Å². The molecular weight excluding hydrogens is 1020 g/mol. The molecule has 0 aromatic heterocycles. The molecule has 480 valence electrons. The molecule has 0 heterocycles. The van der Waals surface area contributed by atoms with E-state index < -0.39 is 20.0 Å². The molecule has 0 aromatic rings. The van der Waals surface area contributed by atoms with E-state index in [-0.39, 0.29) is 19.1 Å². The summed E-state index contributed by atoms with van der Waals surface area (Å²) in [7, 11) is 1.26. The zero-order valence-electron chi connectivity index (χ0n) is 55.0. The number of phosphoric ester groups is 1. The van der Waals surface area contributed by atoms with Crippen molar-refractivity contribution in [3.8, 4) is 0 Å². The summed E-state index contributed by atoms with van der Waals surface area (Å²) in [5, 5.41) is 13.9. The Morgan fingerprint density at radius 2 is 0.691 bits per heavy atom. The van der Waals surface area contributed by atoms with Gasteiger partial charge >= 0.3 is 0 Å². The van der Waals surface area contributed by atoms with Gasteiger partial charge in [0.05, 0.1) is 39.9 Å². The second-order valence-corrected chi connectivity index (χ2v) is 27.3. The smallest absolute Gasteiger partial charge is 0.268 e. The molecule has 3 atom stereocenters. The number of hydrogen-bond acceptors (Lipinski definition) is 6. The normalized spacial score (nSPS) is 13.8. The lowest BCUT2D eigenvalue weighted by Gasteiger charge is -2.29. The van der Waals surface area contributed by atoms with Gasteiger partial charge in [0.1, 0.15) is 13.2 Å². The molecular formula is C72H141N2O6P. The highest BCUT2D eigenvalue weighted by Crippen LogP contribution is 2.38. The lowest BCUT2D eigenvalue weighted by molar-refractivity contribution is -0.870. The number of aliphatic hydroxyl groups is 1. The zero-order valence-corrected chi connectivity index (χ0v) is 55.9. The van der Waals surface area contributed by atoms with Crippen LogP contribution in [0.5, 0.6) is 0 Å². The van der Waals surface area contributed by atoms with Gasteiger partial charge in [-0.2, -0.15) is 0 Å². The molecule has 0 aliphatic rings. The quantitative estimate of drug-likeness (QED) is 0.0272. The second-order valence-electron chi connectivity index (χ2n) is 25.9. The number of rotatable bonds is 67. The minimum absolute atomic E-state index is 0.00433. The van der Waals surface area contributed by atoms with Crippen molar-refractivity contribution in [2.45, 2.75) is 379 Å². The number of nitrogens with one attached hydrogen (secondary N) is 1. The molecule has 0 fully saturated rings. The van der Waals surface area contributed by atoms with E-state index >= 15 is 0 Å². The van der Waals surface area contributed by atoms with Crippen molar-refractivity contribution >= 4 is 13.7 Å². The highest BCUT2D eigenvalue weighted by atomic mass is 31.2. The lowest BCUT2D eigenvalue weighted by atomic mass is 10.0. The van der Waals surface area contributed by atoms with Crippen molar-refractivity contribution in [2.75, 3.05) is 40.9 Å². The van der Waals surface area contributed by atoms with Crippen molar-refractivity contribution in [2.24, 2.45) is 0 Å². The molecule has 0 spiro atoms. The maximum atomic E-state index is 13.0. The minimum atomic E-state index is -4.61. The molecule has 0 rings (SSSR count). The number of hydrogen-bond donors (Lipinski definition) is 2. The van der Waals surface area contributed by atoms with Crippen LogP contribution in [0.2, 0.25) is 0 Å². The standard InChI is InChI=1S/C72H141N2O6P/c1-6-8-10-12-14-16-18-20-22-24-26-28-30-32-34-35-36-37-38-39-40-42-44-46-48-50-52-54-56-58-60-62-64-66-72(76)73-70(69-80-81(77,78)79-68-67-74(3,4)5)71(75)65-63-61-59-57-55-53-51-49-47-45-43-41-33-31-29-27-25-23-21-19-17-15-13-11-9-7-2/h24,26,55,57,63,65,70-71,75H,6-23,25,27-54,56,58-62,64,66-69H2,1-5H3,(H-,73,76,77,78)/b26-24-,57-55+,65-63+. The number of nitrogens with zero attached hydrogens (tertiary/aromatic N) is 1. The van der Waals surface area contributed by atoms with Crippen LogP contribution in [0, 0.1) is 0 Å². The SMILES string of the molecule is CCCCCCCCCC/C=C\CCCCCCCCCCCCCCCCCCCCCCCC(=O)NC(COP(=O)([O-])OCC[N+](C)(C)C)C(O)/C=C/CC/C=C/CCCCCCCCCCCCCCCCCCCCCC. The van der Waals surface area contributed by atoms with Crippen LogP contribution in [0.4, 0.5) is 0 Å². The van der Waals surface area contributed by atoms with E-state index in [4.69, 9.17) is 9.05 Å². The van der Waals surface area contributed by atoms with Crippen LogP contribution in [0.1, 0.15) is 367 Å². The number of unbranched alkanes of at least 4 members (excludes halogenated alkanes) is 50. The second kappa shape index (κ2) is 63.2. The fraction of sp³-hybridized carbons (Fsp3) is 0.903. The van der Waals surface area contributed by atoms with Crippen molar-refractivity contribution in [1.29, 1.82) is 0 Å². The van der Waals surface area contributed by atoms with E-state index in [1.165, 1.54) is 308 Å². The van der Waals surface area contributed by atoms with Crippen molar-refractivity contribution < 1.29 is 32.9 Å². The molecule has 81 heavy (non-hydrogen) atoms. The maximum Gasteiger partial charge on any atom is 0.268 e. The summed E-state index contributed by atoms with van der Waals surface area (Å²) in [6.45, 7) is 4.69. The van der Waals surface area contributed by atoms with Crippen molar-refractivity contribution in [1.82, 2.24) is 5.32 Å². The molecule has 3 unspecified atom stereocenters. The van der Waals surface area contributed by atoms with Crippen LogP contribution in [-0.2, 0) is 18.4 Å². The van der Waals surface area contributed by atoms with Crippen LogP contribution in [0.3, 0.4) is 0 Å². The Hall–Kier alpha value is -1.28. The minimum Gasteiger partial charge on any atom is -0.756 e. The zero-order chi connectivity index (χ0) is 59.1. The number of amides is 1. The fourth-order valence-corrected chi connectivity index (χ4v) is 11.7. The summed E-state index contributed by atoms with van der Waals surface area (Å²) in [4.78, 5) is 25.6. The highest BCUT2D eigenvalue weighted by Gasteiger charge is 2.23. The Balaban J connectivity index is 4.04. The third-order valence-electron chi connectivity index (χ3n) is 16.6. The van der Waals surface area contributed by atoms with Crippen LogP contribution in [-0.4, -0.2) is 68.5 Å². The first-order valence-corrected chi connectivity index (χ1v) is 37.3. The van der Waals surface area contributed by atoms with E-state index in [9.17, 15) is 19.4 Å². The summed E-state index contributed by atoms with van der Waals surface area (Å²) in [5.41, 5.74) is 0. The van der Waals surface area contributed by atoms with Gasteiger partial charge in [-0.3, -0.25) is 9.36 Å². The third kappa shape index (κ3) is 66.1. The first-order valence-electron chi connectivity index (χ1n) is 35.9. The number of phosphoric acid groups is 1. The van der Waals surface area contributed by atoms with Gasteiger partial charge < -0.3 is 28.8 Å². The summed E-state index contributed by atoms with van der Waals surface area (Å²) < 4.78 is 23.4. The lowest BCUT2D eigenvalue weighted by Crippen LogP contribution is -2.45. The molecule has 0 aliphatic heterocycles. The van der Waals surface area contributed by atoms with Gasteiger partial charge in [-0.15, -0.1) is 0 Å². The Bertz CT molecular complexity index is 1410. The maximum absolute atomic E-state index is 13.0. The number of aliphatic hydroxyl groups excluding tert-OH is 1. The first-order chi connectivity index (χ1) is 39.5. The Labute approximate surface area is 506 Å². The predicted molar refractivity (Wildman–Crippen MR) is 353 cm³/mol. The van der Waals surface area contributed by atoms with Crippen molar-refractivity contribution in [3.63, 3.8) is 0 Å². The Kier molecular flexibility index (Phi) is 62.2.